The van der Waals surface area contributed by atoms with Crippen molar-refractivity contribution < 1.29 is 22.7 Å². The highest BCUT2D eigenvalue weighted by atomic mass is 19.4. The largest absolute Gasteiger partial charge is 0.392 e. The van der Waals surface area contributed by atoms with E-state index in [0.717, 1.165) is 6.54 Å². The number of halogens is 3. The number of carbonyl (C=O) groups excluding carboxylic acids is 1. The molecule has 1 saturated carbocycles. The van der Waals surface area contributed by atoms with Crippen LogP contribution < -0.4 is 10.6 Å². The van der Waals surface area contributed by atoms with Gasteiger partial charge in [0.2, 0.25) is 5.91 Å². The second-order valence-electron chi connectivity index (χ2n) is 5.48. The minimum atomic E-state index is -4.29. The van der Waals surface area contributed by atoms with E-state index in [1.807, 2.05) is 0 Å². The lowest BCUT2D eigenvalue weighted by atomic mass is 9.78. The summed E-state index contributed by atoms with van der Waals surface area (Å²) in [5.74, 6) is -2.93. The SMILES string of the molecule is O=C(NCC1CNCCO1)C1CCCCC1C(F)(F)F. The van der Waals surface area contributed by atoms with Gasteiger partial charge in [0, 0.05) is 25.6 Å². The highest BCUT2D eigenvalue weighted by Gasteiger charge is 2.47. The minimum Gasteiger partial charge on any atom is -0.374 e. The summed E-state index contributed by atoms with van der Waals surface area (Å²) in [4.78, 5) is 12.0. The van der Waals surface area contributed by atoms with Crippen molar-refractivity contribution in [1.29, 1.82) is 0 Å². The minimum absolute atomic E-state index is 0.0586. The molecule has 1 heterocycles. The second-order valence-corrected chi connectivity index (χ2v) is 5.48. The first-order chi connectivity index (χ1) is 9.48. The Bertz CT molecular complexity index is 330. The van der Waals surface area contributed by atoms with Crippen molar-refractivity contribution in [2.45, 2.75) is 38.0 Å². The zero-order valence-electron chi connectivity index (χ0n) is 11.3. The van der Waals surface area contributed by atoms with E-state index in [2.05, 4.69) is 10.6 Å². The molecular weight excluding hydrogens is 273 g/mol. The second kappa shape index (κ2) is 6.76. The maximum Gasteiger partial charge on any atom is 0.392 e. The van der Waals surface area contributed by atoms with E-state index in [9.17, 15) is 18.0 Å². The third kappa shape index (κ3) is 4.09. The number of nitrogens with one attached hydrogen (secondary N) is 2. The van der Waals surface area contributed by atoms with Gasteiger partial charge in [-0.25, -0.2) is 0 Å². The van der Waals surface area contributed by atoms with Crippen molar-refractivity contribution in [3.05, 3.63) is 0 Å². The summed E-state index contributed by atoms with van der Waals surface area (Å²) in [6, 6.07) is 0. The van der Waals surface area contributed by atoms with Crippen LogP contribution in [0.15, 0.2) is 0 Å². The summed E-state index contributed by atoms with van der Waals surface area (Å²) >= 11 is 0. The van der Waals surface area contributed by atoms with Gasteiger partial charge in [-0.05, 0) is 12.8 Å². The quantitative estimate of drug-likeness (QED) is 0.828. The third-order valence-corrected chi connectivity index (χ3v) is 4.03. The van der Waals surface area contributed by atoms with Gasteiger partial charge in [-0.2, -0.15) is 13.2 Å². The van der Waals surface area contributed by atoms with Crippen molar-refractivity contribution >= 4 is 5.91 Å². The smallest absolute Gasteiger partial charge is 0.374 e. The molecular formula is C13H21F3N2O2. The van der Waals surface area contributed by atoms with E-state index in [1.54, 1.807) is 0 Å². The van der Waals surface area contributed by atoms with E-state index in [1.165, 1.54) is 0 Å². The van der Waals surface area contributed by atoms with Crippen LogP contribution in [0.5, 0.6) is 0 Å². The summed E-state index contributed by atoms with van der Waals surface area (Å²) in [6.45, 7) is 2.22. The van der Waals surface area contributed by atoms with Crippen LogP contribution in [-0.2, 0) is 9.53 Å². The molecule has 0 radical (unpaired) electrons. The Morgan fingerprint density at radius 2 is 2.05 bits per heavy atom. The molecule has 1 saturated heterocycles. The standard InChI is InChI=1S/C13H21F3N2O2/c14-13(15,16)11-4-2-1-3-10(11)12(19)18-8-9-7-17-5-6-20-9/h9-11,17H,1-8H2,(H,18,19). The zero-order chi connectivity index (χ0) is 14.6. The van der Waals surface area contributed by atoms with Gasteiger partial charge >= 0.3 is 6.18 Å². The number of ether oxygens (including phenoxy) is 1. The molecule has 2 N–H and O–H groups in total. The normalized spacial score (nSPS) is 31.9. The lowest BCUT2D eigenvalue weighted by Gasteiger charge is -2.32. The highest BCUT2D eigenvalue weighted by Crippen LogP contribution is 2.41. The van der Waals surface area contributed by atoms with Gasteiger partial charge in [0.25, 0.3) is 0 Å². The van der Waals surface area contributed by atoms with Crippen LogP contribution in [-0.4, -0.2) is 44.4 Å². The van der Waals surface area contributed by atoms with Crippen LogP contribution in [0, 0.1) is 11.8 Å². The van der Waals surface area contributed by atoms with Crippen LogP contribution in [0.4, 0.5) is 13.2 Å². The van der Waals surface area contributed by atoms with E-state index >= 15 is 0 Å². The number of hydrogen-bond acceptors (Lipinski definition) is 3. The molecule has 1 aliphatic carbocycles. The molecule has 3 atom stereocenters. The predicted octanol–water partition coefficient (Wildman–Crippen LogP) is 1.46. The number of alkyl halides is 3. The first-order valence-electron chi connectivity index (χ1n) is 7.15. The molecule has 2 rings (SSSR count). The van der Waals surface area contributed by atoms with Crippen molar-refractivity contribution in [1.82, 2.24) is 10.6 Å². The maximum absolute atomic E-state index is 12.9. The molecule has 20 heavy (non-hydrogen) atoms. The molecule has 0 aromatic rings. The van der Waals surface area contributed by atoms with Gasteiger partial charge in [0.05, 0.1) is 18.6 Å². The average molecular weight is 294 g/mol. The molecule has 0 spiro atoms. The van der Waals surface area contributed by atoms with E-state index in [-0.39, 0.29) is 19.1 Å². The number of rotatable bonds is 3. The molecule has 2 fully saturated rings. The molecule has 7 heteroatoms. The van der Waals surface area contributed by atoms with Crippen molar-refractivity contribution in [3.8, 4) is 0 Å². The van der Waals surface area contributed by atoms with Crippen LogP contribution >= 0.6 is 0 Å². The monoisotopic (exact) mass is 294 g/mol. The zero-order valence-corrected chi connectivity index (χ0v) is 11.3. The van der Waals surface area contributed by atoms with Crippen molar-refractivity contribution in [2.75, 3.05) is 26.2 Å². The van der Waals surface area contributed by atoms with Crippen molar-refractivity contribution in [2.24, 2.45) is 11.8 Å². The van der Waals surface area contributed by atoms with Gasteiger partial charge in [0.1, 0.15) is 0 Å². The number of amides is 1. The van der Waals surface area contributed by atoms with Gasteiger partial charge in [-0.1, -0.05) is 12.8 Å². The van der Waals surface area contributed by atoms with Crippen LogP contribution in [0.2, 0.25) is 0 Å². The molecule has 3 unspecified atom stereocenters. The Morgan fingerprint density at radius 3 is 2.70 bits per heavy atom. The summed E-state index contributed by atoms with van der Waals surface area (Å²) in [6.07, 6.45) is -2.83. The lowest BCUT2D eigenvalue weighted by molar-refractivity contribution is -0.198. The van der Waals surface area contributed by atoms with E-state index in [0.29, 0.717) is 32.4 Å². The topological polar surface area (TPSA) is 50.4 Å². The fourth-order valence-electron chi connectivity index (χ4n) is 2.93. The maximum atomic E-state index is 12.9. The molecule has 0 aromatic heterocycles. The molecule has 116 valence electrons. The predicted molar refractivity (Wildman–Crippen MR) is 67.1 cm³/mol. The molecule has 4 nitrogen and oxygen atoms in total. The Labute approximate surface area is 116 Å². The highest BCUT2D eigenvalue weighted by molar-refractivity contribution is 5.79. The first-order valence-corrected chi connectivity index (χ1v) is 7.15. The van der Waals surface area contributed by atoms with Crippen LogP contribution in [0.3, 0.4) is 0 Å². The summed E-state index contributed by atoms with van der Waals surface area (Å²) in [7, 11) is 0. The van der Waals surface area contributed by atoms with Gasteiger partial charge in [-0.15, -0.1) is 0 Å². The van der Waals surface area contributed by atoms with Gasteiger partial charge in [0.15, 0.2) is 0 Å². The average Bonchev–Trinajstić information content (AvgIpc) is 2.45. The van der Waals surface area contributed by atoms with Gasteiger partial charge in [-0.3, -0.25) is 4.79 Å². The fourth-order valence-corrected chi connectivity index (χ4v) is 2.93. The van der Waals surface area contributed by atoms with Crippen LogP contribution in [0.25, 0.3) is 0 Å². The molecule has 2 aliphatic rings. The third-order valence-electron chi connectivity index (χ3n) is 4.03. The van der Waals surface area contributed by atoms with Crippen molar-refractivity contribution in [3.63, 3.8) is 0 Å². The fraction of sp³-hybridized carbons (Fsp3) is 0.923. The Kier molecular flexibility index (Phi) is 5.26. The number of carbonyl (C=O) groups is 1. The van der Waals surface area contributed by atoms with E-state index in [4.69, 9.17) is 4.74 Å². The molecule has 0 aromatic carbocycles. The Morgan fingerprint density at radius 1 is 1.30 bits per heavy atom. The summed E-state index contributed by atoms with van der Waals surface area (Å²) in [5, 5.41) is 5.74. The molecule has 0 bridgehead atoms. The summed E-state index contributed by atoms with van der Waals surface area (Å²) < 4.78 is 44.2. The Balaban J connectivity index is 1.85. The number of hydrogen-bond donors (Lipinski definition) is 2. The van der Waals surface area contributed by atoms with Gasteiger partial charge < -0.3 is 15.4 Å². The molecule has 1 aliphatic heterocycles. The lowest BCUT2D eigenvalue weighted by Crippen LogP contribution is -2.48. The summed E-state index contributed by atoms with van der Waals surface area (Å²) in [5.41, 5.74) is 0. The number of morpholine rings is 1. The first kappa shape index (κ1) is 15.6. The van der Waals surface area contributed by atoms with E-state index < -0.39 is 23.9 Å². The van der Waals surface area contributed by atoms with Crippen LogP contribution in [0.1, 0.15) is 25.7 Å². The Hall–Kier alpha value is -0.820. The molecule has 1 amide bonds.